The molecule has 2 aliphatic rings. The van der Waals surface area contributed by atoms with Gasteiger partial charge >= 0.3 is 0 Å². The van der Waals surface area contributed by atoms with Gasteiger partial charge < -0.3 is 20.2 Å². The lowest BCUT2D eigenvalue weighted by Crippen LogP contribution is -2.41. The smallest absolute Gasteiger partial charge is 0.236 e. The molecule has 0 aliphatic carbocycles. The number of amides is 1. The number of likely N-dealkylation sites (tertiary alicyclic amines) is 2. The van der Waals surface area contributed by atoms with Crippen molar-refractivity contribution in [3.8, 4) is 0 Å². The Bertz CT molecular complexity index is 261. The number of nitrogens with one attached hydrogen (secondary N) is 1. The van der Waals surface area contributed by atoms with Crippen molar-refractivity contribution in [2.45, 2.75) is 31.8 Å². The zero-order valence-electron chi connectivity index (χ0n) is 11.1. The van der Waals surface area contributed by atoms with Crippen molar-refractivity contribution in [2.75, 3.05) is 45.8 Å². The van der Waals surface area contributed by atoms with Crippen LogP contribution in [0.3, 0.4) is 0 Å². The molecule has 0 bridgehead atoms. The second-order valence-corrected chi connectivity index (χ2v) is 5.38. The number of hydrogen-bond acceptors (Lipinski definition) is 4. The van der Waals surface area contributed by atoms with Gasteiger partial charge in [-0.2, -0.15) is 0 Å². The summed E-state index contributed by atoms with van der Waals surface area (Å²) in [5.74, 6) is 0.167. The second kappa shape index (κ2) is 7.07. The average Bonchev–Trinajstić information content (AvgIpc) is 3.00. The highest BCUT2D eigenvalue weighted by atomic mass is 16.3. The number of aliphatic hydroxyl groups is 1. The van der Waals surface area contributed by atoms with Crippen molar-refractivity contribution in [3.05, 3.63) is 0 Å². The zero-order chi connectivity index (χ0) is 12.8. The Kier molecular flexibility index (Phi) is 5.41. The fraction of sp³-hybridized carbons (Fsp3) is 0.923. The molecule has 0 radical (unpaired) electrons. The Morgan fingerprint density at radius 1 is 1.11 bits per heavy atom. The molecule has 2 aliphatic heterocycles. The predicted molar refractivity (Wildman–Crippen MR) is 70.4 cm³/mol. The molecule has 104 valence electrons. The predicted octanol–water partition coefficient (Wildman–Crippen LogP) is -0.345. The highest BCUT2D eigenvalue weighted by molar-refractivity contribution is 5.78. The number of aliphatic hydroxyl groups excluding tert-OH is 1. The minimum absolute atomic E-state index is 0.167. The summed E-state index contributed by atoms with van der Waals surface area (Å²) in [5.41, 5.74) is 0. The normalized spacial score (nSPS) is 22.6. The maximum Gasteiger partial charge on any atom is 0.236 e. The molecule has 1 atom stereocenters. The van der Waals surface area contributed by atoms with E-state index in [4.69, 9.17) is 0 Å². The molecule has 2 fully saturated rings. The summed E-state index contributed by atoms with van der Waals surface area (Å²) in [7, 11) is 0. The van der Waals surface area contributed by atoms with Gasteiger partial charge in [0.2, 0.25) is 5.91 Å². The molecule has 2 saturated heterocycles. The van der Waals surface area contributed by atoms with Crippen LogP contribution in [0.15, 0.2) is 0 Å². The van der Waals surface area contributed by atoms with Crippen molar-refractivity contribution in [1.82, 2.24) is 15.1 Å². The van der Waals surface area contributed by atoms with Crippen molar-refractivity contribution in [2.24, 2.45) is 0 Å². The lowest BCUT2D eigenvalue weighted by molar-refractivity contribution is -0.129. The van der Waals surface area contributed by atoms with Crippen LogP contribution in [-0.2, 0) is 4.79 Å². The molecule has 5 heteroatoms. The molecule has 0 aromatic heterocycles. The standard InChI is InChI=1S/C13H25N3O2/c17-12(11-15-5-1-2-6-15)9-14-10-13(18)16-7-3-4-8-16/h12,14,17H,1-11H2. The van der Waals surface area contributed by atoms with Gasteiger partial charge in [0.25, 0.3) is 0 Å². The summed E-state index contributed by atoms with van der Waals surface area (Å²) in [6, 6.07) is 0. The van der Waals surface area contributed by atoms with E-state index in [1.54, 1.807) is 0 Å². The summed E-state index contributed by atoms with van der Waals surface area (Å²) in [6.07, 6.45) is 4.38. The summed E-state index contributed by atoms with van der Waals surface area (Å²) in [5, 5.41) is 12.9. The SMILES string of the molecule is O=C(CNCC(O)CN1CCCC1)N1CCCC1. The largest absolute Gasteiger partial charge is 0.390 e. The van der Waals surface area contributed by atoms with Crippen LogP contribution in [0.5, 0.6) is 0 Å². The van der Waals surface area contributed by atoms with Crippen LogP contribution in [-0.4, -0.2) is 72.7 Å². The third-order valence-electron chi connectivity index (χ3n) is 3.78. The molecule has 0 spiro atoms. The van der Waals surface area contributed by atoms with Crippen molar-refractivity contribution < 1.29 is 9.90 Å². The molecule has 0 saturated carbocycles. The van der Waals surface area contributed by atoms with Crippen LogP contribution in [0.4, 0.5) is 0 Å². The number of rotatable bonds is 6. The summed E-state index contributed by atoms with van der Waals surface area (Å²) >= 11 is 0. The van der Waals surface area contributed by atoms with E-state index < -0.39 is 0 Å². The Hall–Kier alpha value is -0.650. The minimum Gasteiger partial charge on any atom is -0.390 e. The first-order valence-electron chi connectivity index (χ1n) is 7.14. The molecule has 5 nitrogen and oxygen atoms in total. The molecule has 0 aromatic carbocycles. The summed E-state index contributed by atoms with van der Waals surface area (Å²) < 4.78 is 0. The second-order valence-electron chi connectivity index (χ2n) is 5.38. The van der Waals surface area contributed by atoms with Crippen molar-refractivity contribution in [3.63, 3.8) is 0 Å². The van der Waals surface area contributed by atoms with E-state index in [2.05, 4.69) is 10.2 Å². The number of carbonyl (C=O) groups is 1. The molecular weight excluding hydrogens is 230 g/mol. The highest BCUT2D eigenvalue weighted by Crippen LogP contribution is 2.08. The fourth-order valence-electron chi connectivity index (χ4n) is 2.75. The molecular formula is C13H25N3O2. The summed E-state index contributed by atoms with van der Waals surface area (Å²) in [6.45, 7) is 5.60. The van der Waals surface area contributed by atoms with Gasteiger partial charge in [-0.25, -0.2) is 0 Å². The number of nitrogens with zero attached hydrogens (tertiary/aromatic N) is 2. The molecule has 2 N–H and O–H groups in total. The van der Waals surface area contributed by atoms with Gasteiger partial charge in [-0.15, -0.1) is 0 Å². The Balaban J connectivity index is 1.54. The Morgan fingerprint density at radius 2 is 1.72 bits per heavy atom. The first kappa shape index (κ1) is 13.8. The van der Waals surface area contributed by atoms with E-state index in [1.165, 1.54) is 12.8 Å². The van der Waals surface area contributed by atoms with Gasteiger partial charge in [0.15, 0.2) is 0 Å². The fourth-order valence-corrected chi connectivity index (χ4v) is 2.75. The van der Waals surface area contributed by atoms with E-state index in [0.29, 0.717) is 13.1 Å². The van der Waals surface area contributed by atoms with Gasteiger partial charge in [0.1, 0.15) is 0 Å². The van der Waals surface area contributed by atoms with Crippen molar-refractivity contribution in [1.29, 1.82) is 0 Å². The molecule has 18 heavy (non-hydrogen) atoms. The Labute approximate surface area is 109 Å². The monoisotopic (exact) mass is 255 g/mol. The maximum absolute atomic E-state index is 11.7. The van der Waals surface area contributed by atoms with Gasteiger partial charge in [-0.3, -0.25) is 4.79 Å². The van der Waals surface area contributed by atoms with Crippen LogP contribution in [0.1, 0.15) is 25.7 Å². The third-order valence-corrected chi connectivity index (χ3v) is 3.78. The van der Waals surface area contributed by atoms with E-state index in [1.807, 2.05) is 4.90 Å². The average molecular weight is 255 g/mol. The number of β-amino-alcohol motifs (C(OH)–C–C–N with tert-alkyl or cyclic N) is 1. The molecule has 1 amide bonds. The van der Waals surface area contributed by atoms with Gasteiger partial charge in [-0.1, -0.05) is 0 Å². The molecule has 2 heterocycles. The lowest BCUT2D eigenvalue weighted by Gasteiger charge is -2.20. The Morgan fingerprint density at radius 3 is 2.39 bits per heavy atom. The zero-order valence-corrected chi connectivity index (χ0v) is 11.1. The number of hydrogen-bond donors (Lipinski definition) is 2. The molecule has 2 rings (SSSR count). The topological polar surface area (TPSA) is 55.8 Å². The van der Waals surface area contributed by atoms with E-state index in [9.17, 15) is 9.90 Å². The van der Waals surface area contributed by atoms with E-state index in [0.717, 1.165) is 45.6 Å². The third kappa shape index (κ3) is 4.23. The molecule has 0 aromatic rings. The van der Waals surface area contributed by atoms with Gasteiger partial charge in [-0.05, 0) is 38.8 Å². The summed E-state index contributed by atoms with van der Waals surface area (Å²) in [4.78, 5) is 15.9. The van der Waals surface area contributed by atoms with Gasteiger partial charge in [0.05, 0.1) is 12.6 Å². The van der Waals surface area contributed by atoms with Crippen molar-refractivity contribution >= 4 is 5.91 Å². The van der Waals surface area contributed by atoms with Crippen LogP contribution < -0.4 is 5.32 Å². The van der Waals surface area contributed by atoms with Crippen LogP contribution >= 0.6 is 0 Å². The first-order chi connectivity index (χ1) is 8.75. The minimum atomic E-state index is -0.366. The lowest BCUT2D eigenvalue weighted by atomic mass is 10.3. The molecule has 1 unspecified atom stereocenters. The number of carbonyl (C=O) groups excluding carboxylic acids is 1. The van der Waals surface area contributed by atoms with Crippen LogP contribution in [0, 0.1) is 0 Å². The van der Waals surface area contributed by atoms with Gasteiger partial charge in [0, 0.05) is 26.2 Å². The first-order valence-corrected chi connectivity index (χ1v) is 7.14. The van der Waals surface area contributed by atoms with E-state index in [-0.39, 0.29) is 12.0 Å². The maximum atomic E-state index is 11.7. The van der Waals surface area contributed by atoms with Crippen LogP contribution in [0.25, 0.3) is 0 Å². The van der Waals surface area contributed by atoms with Crippen LogP contribution in [0.2, 0.25) is 0 Å². The van der Waals surface area contributed by atoms with E-state index >= 15 is 0 Å². The quantitative estimate of drug-likeness (QED) is 0.681. The highest BCUT2D eigenvalue weighted by Gasteiger charge is 2.18.